The number of halogens is 1. The third kappa shape index (κ3) is 5.24. The molecule has 2 N–H and O–H groups in total. The highest BCUT2D eigenvalue weighted by Gasteiger charge is 2.20. The third-order valence-corrected chi connectivity index (χ3v) is 5.08. The van der Waals surface area contributed by atoms with Gasteiger partial charge in [-0.05, 0) is 13.2 Å². The summed E-state index contributed by atoms with van der Waals surface area (Å²) >= 11 is 1.34. The van der Waals surface area contributed by atoms with Crippen LogP contribution in [0.5, 0.6) is 0 Å². The summed E-state index contributed by atoms with van der Waals surface area (Å²) < 4.78 is 39.9. The number of thioether (sulfide) groups is 1. The van der Waals surface area contributed by atoms with Gasteiger partial charge < -0.3 is 5.11 Å². The molecular formula is C13H18FNO3S2. The van der Waals surface area contributed by atoms with Crippen LogP contribution in [0.1, 0.15) is 12.5 Å². The smallest absolute Gasteiger partial charge is 0.236 e. The van der Waals surface area contributed by atoms with Gasteiger partial charge in [0.15, 0.2) is 0 Å². The molecule has 2 atom stereocenters. The van der Waals surface area contributed by atoms with Gasteiger partial charge in [0.1, 0.15) is 5.83 Å². The molecule has 0 fully saturated rings. The van der Waals surface area contributed by atoms with Gasteiger partial charge in [0.2, 0.25) is 10.0 Å². The molecule has 1 aromatic carbocycles. The fraction of sp³-hybridized carbons (Fsp3) is 0.385. The lowest BCUT2D eigenvalue weighted by Gasteiger charge is -2.20. The highest BCUT2D eigenvalue weighted by molar-refractivity contribution is 7.99. The van der Waals surface area contributed by atoms with Gasteiger partial charge in [-0.1, -0.05) is 30.3 Å². The van der Waals surface area contributed by atoms with Gasteiger partial charge in [0.05, 0.1) is 12.0 Å². The van der Waals surface area contributed by atoms with E-state index in [2.05, 4.69) is 4.72 Å². The van der Waals surface area contributed by atoms with E-state index in [1.807, 2.05) is 0 Å². The summed E-state index contributed by atoms with van der Waals surface area (Å²) in [6, 6.07) is 7.45. The molecule has 1 rings (SSSR count). The van der Waals surface area contributed by atoms with Gasteiger partial charge in [-0.2, -0.15) is 11.8 Å². The van der Waals surface area contributed by atoms with Crippen LogP contribution in [-0.4, -0.2) is 37.7 Å². The number of nitrogens with one attached hydrogen (secondary N) is 1. The Morgan fingerprint density at radius 1 is 1.45 bits per heavy atom. The number of aliphatic hydroxyl groups excluding tert-OH is 1. The van der Waals surface area contributed by atoms with Crippen LogP contribution in [0.15, 0.2) is 35.7 Å². The Balaban J connectivity index is 2.84. The van der Waals surface area contributed by atoms with Crippen LogP contribution in [0.2, 0.25) is 0 Å². The minimum absolute atomic E-state index is 0.157. The molecule has 0 aliphatic heterocycles. The third-order valence-electron chi connectivity index (χ3n) is 2.70. The van der Waals surface area contributed by atoms with Crippen LogP contribution in [0.3, 0.4) is 0 Å². The van der Waals surface area contributed by atoms with Crippen molar-refractivity contribution in [3.63, 3.8) is 0 Å². The number of aliphatic hydroxyl groups is 1. The predicted molar refractivity (Wildman–Crippen MR) is 81.4 cm³/mol. The molecule has 0 aliphatic carbocycles. The Kier molecular flexibility index (Phi) is 6.67. The standard InChI is InChI=1S/C13H18FNO3S2/c1-10(13(8-16)19-2)15-20(17,18)9-12(14)11-6-4-3-5-7-11/h3-7,9-10,13,15-16H,8H2,1-2H3/b12-9-. The van der Waals surface area contributed by atoms with Crippen molar-refractivity contribution in [2.45, 2.75) is 18.2 Å². The van der Waals surface area contributed by atoms with Crippen molar-refractivity contribution in [3.8, 4) is 0 Å². The molecule has 20 heavy (non-hydrogen) atoms. The number of benzene rings is 1. The lowest BCUT2D eigenvalue weighted by atomic mass is 10.2. The van der Waals surface area contributed by atoms with Crippen molar-refractivity contribution < 1.29 is 17.9 Å². The van der Waals surface area contributed by atoms with Gasteiger partial charge in [0, 0.05) is 16.9 Å². The van der Waals surface area contributed by atoms with Crippen molar-refractivity contribution in [3.05, 3.63) is 41.3 Å². The maximum atomic E-state index is 13.8. The lowest BCUT2D eigenvalue weighted by molar-refractivity contribution is 0.282. The summed E-state index contributed by atoms with van der Waals surface area (Å²) in [5, 5.41) is 9.39. The molecule has 4 nitrogen and oxygen atoms in total. The van der Waals surface area contributed by atoms with E-state index in [0.717, 1.165) is 0 Å². The number of rotatable bonds is 7. The van der Waals surface area contributed by atoms with Crippen molar-refractivity contribution in [2.24, 2.45) is 0 Å². The maximum Gasteiger partial charge on any atom is 0.236 e. The summed E-state index contributed by atoms with van der Waals surface area (Å²) in [5.41, 5.74) is 0.203. The molecule has 0 aliphatic rings. The van der Waals surface area contributed by atoms with Gasteiger partial charge in [-0.25, -0.2) is 17.5 Å². The minimum atomic E-state index is -3.90. The second kappa shape index (κ2) is 7.78. The summed E-state index contributed by atoms with van der Waals surface area (Å²) in [7, 11) is -3.90. The van der Waals surface area contributed by atoms with Crippen molar-refractivity contribution in [2.75, 3.05) is 12.9 Å². The van der Waals surface area contributed by atoms with E-state index in [-0.39, 0.29) is 17.4 Å². The molecule has 0 saturated heterocycles. The van der Waals surface area contributed by atoms with E-state index in [0.29, 0.717) is 5.41 Å². The fourth-order valence-electron chi connectivity index (χ4n) is 1.61. The van der Waals surface area contributed by atoms with E-state index < -0.39 is 21.9 Å². The summed E-state index contributed by atoms with van der Waals surface area (Å²) in [6.07, 6.45) is 1.77. The zero-order chi connectivity index (χ0) is 15.2. The molecule has 0 saturated carbocycles. The van der Waals surface area contributed by atoms with Crippen LogP contribution in [0, 0.1) is 0 Å². The van der Waals surface area contributed by atoms with Crippen molar-refractivity contribution in [1.82, 2.24) is 4.72 Å². The van der Waals surface area contributed by atoms with Gasteiger partial charge in [-0.3, -0.25) is 0 Å². The van der Waals surface area contributed by atoms with Crippen LogP contribution >= 0.6 is 11.8 Å². The predicted octanol–water partition coefficient (Wildman–Crippen LogP) is 1.99. The number of hydrogen-bond acceptors (Lipinski definition) is 4. The summed E-state index contributed by atoms with van der Waals surface area (Å²) in [5.74, 6) is -0.824. The first kappa shape index (κ1) is 17.2. The molecule has 112 valence electrons. The summed E-state index contributed by atoms with van der Waals surface area (Å²) in [6.45, 7) is 1.47. The molecular weight excluding hydrogens is 301 g/mol. The Morgan fingerprint density at radius 2 is 2.05 bits per heavy atom. The molecule has 0 bridgehead atoms. The Bertz CT molecular complexity index is 542. The molecule has 0 amide bonds. The average molecular weight is 319 g/mol. The number of sulfonamides is 1. The quantitative estimate of drug-likeness (QED) is 0.806. The van der Waals surface area contributed by atoms with Crippen LogP contribution in [-0.2, 0) is 10.0 Å². The van der Waals surface area contributed by atoms with E-state index in [9.17, 15) is 12.8 Å². The van der Waals surface area contributed by atoms with E-state index >= 15 is 0 Å². The highest BCUT2D eigenvalue weighted by atomic mass is 32.2. The molecule has 7 heteroatoms. The van der Waals surface area contributed by atoms with Crippen LogP contribution < -0.4 is 4.72 Å². The van der Waals surface area contributed by atoms with Gasteiger partial charge in [0.25, 0.3) is 0 Å². The maximum absolute atomic E-state index is 13.8. The Morgan fingerprint density at radius 3 is 2.55 bits per heavy atom. The van der Waals surface area contributed by atoms with E-state index in [1.54, 1.807) is 31.4 Å². The average Bonchev–Trinajstić information content (AvgIpc) is 2.39. The first-order chi connectivity index (χ1) is 9.39. The van der Waals surface area contributed by atoms with E-state index in [1.165, 1.54) is 23.9 Å². The molecule has 0 heterocycles. The van der Waals surface area contributed by atoms with Crippen LogP contribution in [0.25, 0.3) is 5.83 Å². The fourth-order valence-corrected chi connectivity index (χ4v) is 3.48. The summed E-state index contributed by atoms with van der Waals surface area (Å²) in [4.78, 5) is 0. The zero-order valence-corrected chi connectivity index (χ0v) is 12.9. The van der Waals surface area contributed by atoms with Crippen molar-refractivity contribution in [1.29, 1.82) is 0 Å². The SMILES string of the molecule is CSC(CO)C(C)NS(=O)(=O)/C=C(\F)c1ccccc1. The molecule has 1 aromatic rings. The van der Waals surface area contributed by atoms with Crippen LogP contribution in [0.4, 0.5) is 4.39 Å². The topological polar surface area (TPSA) is 66.4 Å². The van der Waals surface area contributed by atoms with E-state index in [4.69, 9.17) is 5.11 Å². The Hall–Kier alpha value is -0.890. The monoisotopic (exact) mass is 319 g/mol. The number of hydrogen-bond donors (Lipinski definition) is 2. The zero-order valence-electron chi connectivity index (χ0n) is 11.3. The first-order valence-corrected chi connectivity index (χ1v) is 8.81. The van der Waals surface area contributed by atoms with Gasteiger partial charge >= 0.3 is 0 Å². The van der Waals surface area contributed by atoms with Crippen molar-refractivity contribution >= 4 is 27.6 Å². The largest absolute Gasteiger partial charge is 0.395 e. The molecule has 0 radical (unpaired) electrons. The first-order valence-electron chi connectivity index (χ1n) is 5.98. The second-order valence-corrected chi connectivity index (χ2v) is 6.88. The normalized spacial score (nSPS) is 15.9. The lowest BCUT2D eigenvalue weighted by Crippen LogP contribution is -2.40. The highest BCUT2D eigenvalue weighted by Crippen LogP contribution is 2.17. The second-order valence-electron chi connectivity index (χ2n) is 4.24. The van der Waals surface area contributed by atoms with Gasteiger partial charge in [-0.15, -0.1) is 0 Å². The molecule has 0 spiro atoms. The minimum Gasteiger partial charge on any atom is -0.395 e. The molecule has 0 aromatic heterocycles. The Labute approximate surface area is 123 Å². The molecule has 2 unspecified atom stereocenters.